The molecular formula is C16H25NOS. The van der Waals surface area contributed by atoms with Gasteiger partial charge < -0.3 is 0 Å². The van der Waals surface area contributed by atoms with Crippen molar-refractivity contribution in [1.29, 1.82) is 0 Å². The molecule has 1 aliphatic rings. The van der Waals surface area contributed by atoms with Gasteiger partial charge >= 0.3 is 0 Å². The second-order valence-corrected chi connectivity index (χ2v) is 7.93. The van der Waals surface area contributed by atoms with Gasteiger partial charge in [-0.3, -0.25) is 9.69 Å². The Morgan fingerprint density at radius 1 is 1.37 bits per heavy atom. The molecule has 1 heterocycles. The van der Waals surface area contributed by atoms with E-state index in [0.29, 0.717) is 18.0 Å². The molecular weight excluding hydrogens is 254 g/mol. The van der Waals surface area contributed by atoms with E-state index in [2.05, 4.69) is 25.8 Å². The summed E-state index contributed by atoms with van der Waals surface area (Å²) < 4.78 is 0. The Morgan fingerprint density at radius 3 is 2.53 bits per heavy atom. The standard InChI is InChI=1S/C16H25NOS/c1-12-5-6-15(19-12)14(18)11-17(4)13-7-9-16(2,3)10-8-13/h5-6,13H,7-11H2,1-4H3. The zero-order valence-electron chi connectivity index (χ0n) is 12.5. The van der Waals surface area contributed by atoms with Crippen LogP contribution in [0.3, 0.4) is 0 Å². The lowest BCUT2D eigenvalue weighted by atomic mass is 9.75. The van der Waals surface area contributed by atoms with Crippen LogP contribution in [0.15, 0.2) is 12.1 Å². The second-order valence-electron chi connectivity index (χ2n) is 6.64. The number of carbonyl (C=O) groups excluding carboxylic acids is 1. The molecule has 0 spiro atoms. The van der Waals surface area contributed by atoms with E-state index in [9.17, 15) is 4.79 Å². The third kappa shape index (κ3) is 3.90. The molecule has 1 aromatic rings. The summed E-state index contributed by atoms with van der Waals surface area (Å²) in [6, 6.07) is 4.57. The number of hydrogen-bond donors (Lipinski definition) is 0. The lowest BCUT2D eigenvalue weighted by molar-refractivity contribution is 0.0855. The topological polar surface area (TPSA) is 20.3 Å². The highest BCUT2D eigenvalue weighted by Gasteiger charge is 2.29. The normalized spacial score (nSPS) is 19.8. The zero-order valence-corrected chi connectivity index (χ0v) is 13.3. The third-order valence-corrected chi connectivity index (χ3v) is 5.38. The highest BCUT2D eigenvalue weighted by Crippen LogP contribution is 2.36. The Kier molecular flexibility index (Phi) is 4.46. The highest BCUT2D eigenvalue weighted by atomic mass is 32.1. The molecule has 1 saturated carbocycles. The fourth-order valence-electron chi connectivity index (χ4n) is 2.84. The minimum atomic E-state index is 0.269. The molecule has 106 valence electrons. The highest BCUT2D eigenvalue weighted by molar-refractivity contribution is 7.14. The van der Waals surface area contributed by atoms with Crippen molar-refractivity contribution in [3.05, 3.63) is 21.9 Å². The average Bonchev–Trinajstić information content (AvgIpc) is 2.75. The van der Waals surface area contributed by atoms with Crippen molar-refractivity contribution in [3.63, 3.8) is 0 Å². The van der Waals surface area contributed by atoms with Gasteiger partial charge in [-0.05, 0) is 57.2 Å². The molecule has 0 atom stereocenters. The lowest BCUT2D eigenvalue weighted by Crippen LogP contribution is -2.39. The molecule has 0 aromatic carbocycles. The van der Waals surface area contributed by atoms with E-state index in [-0.39, 0.29) is 5.78 Å². The quantitative estimate of drug-likeness (QED) is 0.772. The van der Waals surface area contributed by atoms with Crippen molar-refractivity contribution in [2.75, 3.05) is 13.6 Å². The molecule has 3 heteroatoms. The van der Waals surface area contributed by atoms with Crippen LogP contribution < -0.4 is 0 Å². The summed E-state index contributed by atoms with van der Waals surface area (Å²) in [6.07, 6.45) is 4.99. The minimum Gasteiger partial charge on any atom is -0.296 e. The third-order valence-electron chi connectivity index (χ3n) is 4.34. The molecule has 0 unspecified atom stereocenters. The number of Topliss-reactive ketones (excluding diaryl/α,β-unsaturated/α-hetero) is 1. The monoisotopic (exact) mass is 279 g/mol. The maximum atomic E-state index is 12.2. The van der Waals surface area contributed by atoms with E-state index in [4.69, 9.17) is 0 Å². The summed E-state index contributed by atoms with van der Waals surface area (Å²) in [5.41, 5.74) is 0.492. The summed E-state index contributed by atoms with van der Waals surface area (Å²) in [4.78, 5) is 16.6. The number of thiophene rings is 1. The summed E-state index contributed by atoms with van der Waals surface area (Å²) >= 11 is 1.61. The van der Waals surface area contributed by atoms with Gasteiger partial charge in [0, 0.05) is 10.9 Å². The van der Waals surface area contributed by atoms with E-state index >= 15 is 0 Å². The largest absolute Gasteiger partial charge is 0.296 e. The van der Waals surface area contributed by atoms with E-state index in [1.807, 2.05) is 19.1 Å². The Morgan fingerprint density at radius 2 is 2.00 bits per heavy atom. The molecule has 1 fully saturated rings. The SMILES string of the molecule is Cc1ccc(C(=O)CN(C)C2CCC(C)(C)CC2)s1. The number of hydrogen-bond acceptors (Lipinski definition) is 3. The first-order valence-corrected chi connectivity index (χ1v) is 7.99. The molecule has 1 aromatic heterocycles. The summed E-state index contributed by atoms with van der Waals surface area (Å²) in [6.45, 7) is 7.31. The van der Waals surface area contributed by atoms with Crippen molar-refractivity contribution < 1.29 is 4.79 Å². The van der Waals surface area contributed by atoms with Gasteiger partial charge in [0.1, 0.15) is 0 Å². The maximum absolute atomic E-state index is 12.2. The molecule has 0 aliphatic heterocycles. The number of carbonyl (C=O) groups is 1. The Labute approximate surface area is 120 Å². The van der Waals surface area contributed by atoms with Gasteiger partial charge in [-0.1, -0.05) is 13.8 Å². The zero-order chi connectivity index (χ0) is 14.0. The Hall–Kier alpha value is -0.670. The van der Waals surface area contributed by atoms with Crippen molar-refractivity contribution >= 4 is 17.1 Å². The van der Waals surface area contributed by atoms with E-state index in [0.717, 1.165) is 4.88 Å². The van der Waals surface area contributed by atoms with Crippen LogP contribution in [-0.4, -0.2) is 30.3 Å². The van der Waals surface area contributed by atoms with Crippen molar-refractivity contribution in [1.82, 2.24) is 4.90 Å². The predicted molar refractivity (Wildman–Crippen MR) is 82.1 cm³/mol. The fourth-order valence-corrected chi connectivity index (χ4v) is 3.64. The van der Waals surface area contributed by atoms with Crippen molar-refractivity contribution in [2.24, 2.45) is 5.41 Å². The molecule has 2 rings (SSSR count). The second kappa shape index (κ2) is 5.76. The lowest BCUT2D eigenvalue weighted by Gasteiger charge is -2.38. The molecule has 2 nitrogen and oxygen atoms in total. The van der Waals surface area contributed by atoms with Crippen LogP contribution in [0.1, 0.15) is 54.1 Å². The van der Waals surface area contributed by atoms with Gasteiger partial charge in [-0.2, -0.15) is 0 Å². The van der Waals surface area contributed by atoms with E-state index in [1.54, 1.807) is 11.3 Å². The summed E-state index contributed by atoms with van der Waals surface area (Å²) in [5, 5.41) is 0. The fraction of sp³-hybridized carbons (Fsp3) is 0.688. The Balaban J connectivity index is 1.88. The van der Waals surface area contributed by atoms with E-state index in [1.165, 1.54) is 30.6 Å². The minimum absolute atomic E-state index is 0.269. The number of ketones is 1. The number of likely N-dealkylation sites (N-methyl/N-ethyl adjacent to an activating group) is 1. The molecule has 0 amide bonds. The van der Waals surface area contributed by atoms with Gasteiger partial charge in [-0.15, -0.1) is 11.3 Å². The van der Waals surface area contributed by atoms with Crippen LogP contribution in [0.2, 0.25) is 0 Å². The van der Waals surface area contributed by atoms with Gasteiger partial charge in [0.25, 0.3) is 0 Å². The number of aryl methyl sites for hydroxylation is 1. The van der Waals surface area contributed by atoms with Crippen molar-refractivity contribution in [3.8, 4) is 0 Å². The van der Waals surface area contributed by atoms with Crippen LogP contribution in [0.25, 0.3) is 0 Å². The molecule has 19 heavy (non-hydrogen) atoms. The van der Waals surface area contributed by atoms with Crippen LogP contribution in [-0.2, 0) is 0 Å². The maximum Gasteiger partial charge on any atom is 0.186 e. The van der Waals surface area contributed by atoms with E-state index < -0.39 is 0 Å². The molecule has 0 radical (unpaired) electrons. The molecule has 0 N–H and O–H groups in total. The smallest absolute Gasteiger partial charge is 0.186 e. The molecule has 1 aliphatic carbocycles. The van der Waals surface area contributed by atoms with Gasteiger partial charge in [0.05, 0.1) is 11.4 Å². The predicted octanol–water partition coefficient (Wildman–Crippen LogP) is 4.14. The van der Waals surface area contributed by atoms with Gasteiger partial charge in [0.2, 0.25) is 0 Å². The number of rotatable bonds is 4. The summed E-state index contributed by atoms with van der Waals surface area (Å²) in [5.74, 6) is 0.269. The van der Waals surface area contributed by atoms with Gasteiger partial charge in [0.15, 0.2) is 5.78 Å². The first-order valence-electron chi connectivity index (χ1n) is 7.17. The van der Waals surface area contributed by atoms with Crippen LogP contribution in [0, 0.1) is 12.3 Å². The first kappa shape index (κ1) is 14.7. The van der Waals surface area contributed by atoms with Gasteiger partial charge in [-0.25, -0.2) is 0 Å². The Bertz CT molecular complexity index is 439. The van der Waals surface area contributed by atoms with Crippen LogP contribution >= 0.6 is 11.3 Å². The number of nitrogens with zero attached hydrogens (tertiary/aromatic N) is 1. The van der Waals surface area contributed by atoms with Crippen molar-refractivity contribution in [2.45, 2.75) is 52.5 Å². The first-order chi connectivity index (χ1) is 8.87. The average molecular weight is 279 g/mol. The molecule has 0 saturated heterocycles. The molecule has 0 bridgehead atoms. The van der Waals surface area contributed by atoms with Crippen LogP contribution in [0.5, 0.6) is 0 Å². The van der Waals surface area contributed by atoms with Crippen LogP contribution in [0.4, 0.5) is 0 Å². The summed E-state index contributed by atoms with van der Waals surface area (Å²) in [7, 11) is 2.10.